The molecule has 0 radical (unpaired) electrons. The first-order valence-corrected chi connectivity index (χ1v) is 6.90. The van der Waals surface area contributed by atoms with Crippen molar-refractivity contribution in [1.29, 1.82) is 0 Å². The predicted octanol–water partition coefficient (Wildman–Crippen LogP) is 2.55. The van der Waals surface area contributed by atoms with Gasteiger partial charge >= 0.3 is 6.09 Å². The highest BCUT2D eigenvalue weighted by molar-refractivity contribution is 5.68. The summed E-state index contributed by atoms with van der Waals surface area (Å²) in [5.41, 5.74) is 5.66. The van der Waals surface area contributed by atoms with Gasteiger partial charge in [-0.1, -0.05) is 12.1 Å². The second-order valence-electron chi connectivity index (χ2n) is 6.68. The number of nitrogens with zero attached hydrogens (tertiary/aromatic N) is 2. The quantitative estimate of drug-likeness (QED) is 0.855. The molecule has 0 saturated carbocycles. The van der Waals surface area contributed by atoms with E-state index in [1.54, 1.807) is 11.0 Å². The van der Waals surface area contributed by atoms with E-state index >= 15 is 0 Å². The number of piperidine rings is 1. The van der Waals surface area contributed by atoms with Gasteiger partial charge in [0.25, 0.3) is 0 Å². The number of nitrogens with two attached hydrogens (primary N) is 1. The zero-order chi connectivity index (χ0) is 15.0. The minimum absolute atomic E-state index is 0.240. The Balaban J connectivity index is 2.10. The van der Waals surface area contributed by atoms with E-state index in [1.807, 2.05) is 20.8 Å². The molecular formula is C14H23N3O3. The lowest BCUT2D eigenvalue weighted by Gasteiger charge is -2.39. The Hall–Kier alpha value is -1.72. The fourth-order valence-corrected chi connectivity index (χ4v) is 2.50. The van der Waals surface area contributed by atoms with Crippen molar-refractivity contribution in [2.45, 2.75) is 51.6 Å². The normalized spacial score (nSPS) is 23.7. The van der Waals surface area contributed by atoms with Crippen LogP contribution in [-0.2, 0) is 10.2 Å². The number of hydrogen-bond donors (Lipinski definition) is 1. The Morgan fingerprint density at radius 2 is 2.25 bits per heavy atom. The van der Waals surface area contributed by atoms with Gasteiger partial charge in [-0.3, -0.25) is 0 Å². The third kappa shape index (κ3) is 3.23. The molecule has 6 heteroatoms. The average Bonchev–Trinajstić information content (AvgIpc) is 2.74. The molecule has 1 aliphatic heterocycles. The van der Waals surface area contributed by atoms with Gasteiger partial charge in [-0.2, -0.15) is 0 Å². The summed E-state index contributed by atoms with van der Waals surface area (Å²) in [5, 5.41) is 4.00. The average molecular weight is 281 g/mol. The van der Waals surface area contributed by atoms with Crippen molar-refractivity contribution in [2.75, 3.05) is 18.8 Å². The summed E-state index contributed by atoms with van der Waals surface area (Å²) in [4.78, 5) is 13.9. The maximum absolute atomic E-state index is 12.2. The van der Waals surface area contributed by atoms with Crippen LogP contribution in [0.1, 0.15) is 46.2 Å². The molecule has 20 heavy (non-hydrogen) atoms. The van der Waals surface area contributed by atoms with E-state index in [1.165, 1.54) is 0 Å². The van der Waals surface area contributed by atoms with Crippen LogP contribution >= 0.6 is 0 Å². The van der Waals surface area contributed by atoms with E-state index in [2.05, 4.69) is 12.1 Å². The smallest absolute Gasteiger partial charge is 0.410 e. The maximum Gasteiger partial charge on any atom is 0.410 e. The number of carbonyl (C=O) groups excluding carboxylic acids is 1. The summed E-state index contributed by atoms with van der Waals surface area (Å²) < 4.78 is 10.4. The van der Waals surface area contributed by atoms with Gasteiger partial charge in [0.15, 0.2) is 0 Å². The summed E-state index contributed by atoms with van der Waals surface area (Å²) >= 11 is 0. The van der Waals surface area contributed by atoms with Crippen LogP contribution in [0.25, 0.3) is 0 Å². The van der Waals surface area contributed by atoms with Crippen LogP contribution in [0.15, 0.2) is 10.6 Å². The molecular weight excluding hydrogens is 258 g/mol. The summed E-state index contributed by atoms with van der Waals surface area (Å²) in [6.07, 6.45) is 1.57. The van der Waals surface area contributed by atoms with Gasteiger partial charge in [-0.15, -0.1) is 0 Å². The van der Waals surface area contributed by atoms with Crippen LogP contribution in [0, 0.1) is 0 Å². The molecule has 112 valence electrons. The lowest BCUT2D eigenvalue weighted by Crippen LogP contribution is -2.48. The molecule has 2 rings (SSSR count). The standard InChI is InChI=1S/C14H23N3O3/c1-13(2,3)19-12(18)17-7-5-6-14(4,9-17)10-8-11(15)20-16-10/h8H,5-7,9,15H2,1-4H3. The Morgan fingerprint density at radius 1 is 1.55 bits per heavy atom. The molecule has 1 aromatic rings. The molecule has 0 aromatic carbocycles. The van der Waals surface area contributed by atoms with Gasteiger partial charge in [0.1, 0.15) is 5.60 Å². The number of hydrogen-bond acceptors (Lipinski definition) is 5. The number of carbonyl (C=O) groups is 1. The second kappa shape index (κ2) is 5.00. The van der Waals surface area contributed by atoms with Crippen molar-refractivity contribution in [1.82, 2.24) is 10.1 Å². The third-order valence-electron chi connectivity index (χ3n) is 3.49. The van der Waals surface area contributed by atoms with Crippen LogP contribution in [0.4, 0.5) is 10.7 Å². The van der Waals surface area contributed by atoms with Crippen molar-refractivity contribution in [3.8, 4) is 0 Å². The van der Waals surface area contributed by atoms with Crippen molar-refractivity contribution in [3.63, 3.8) is 0 Å². The first-order valence-electron chi connectivity index (χ1n) is 6.90. The molecule has 0 bridgehead atoms. The lowest BCUT2D eigenvalue weighted by atomic mass is 9.79. The zero-order valence-electron chi connectivity index (χ0n) is 12.6. The highest BCUT2D eigenvalue weighted by Crippen LogP contribution is 2.34. The number of nitrogen functional groups attached to an aromatic ring is 1. The Bertz CT molecular complexity index is 492. The second-order valence-corrected chi connectivity index (χ2v) is 6.68. The number of amides is 1. The fraction of sp³-hybridized carbons (Fsp3) is 0.714. The van der Waals surface area contributed by atoms with E-state index in [-0.39, 0.29) is 11.5 Å². The molecule has 1 fully saturated rings. The minimum atomic E-state index is -0.483. The summed E-state index contributed by atoms with van der Waals surface area (Å²) in [6, 6.07) is 1.73. The fourth-order valence-electron chi connectivity index (χ4n) is 2.50. The molecule has 1 unspecified atom stereocenters. The Morgan fingerprint density at radius 3 is 2.80 bits per heavy atom. The first kappa shape index (κ1) is 14.7. The van der Waals surface area contributed by atoms with Gasteiger partial charge in [-0.05, 0) is 33.6 Å². The summed E-state index contributed by atoms with van der Waals surface area (Å²) in [7, 11) is 0. The number of ether oxygens (including phenoxy) is 1. The SMILES string of the molecule is CC(C)(C)OC(=O)N1CCCC(C)(c2cc(N)on2)C1. The van der Waals surface area contributed by atoms with Crippen LogP contribution in [0.2, 0.25) is 0 Å². The molecule has 0 spiro atoms. The van der Waals surface area contributed by atoms with Gasteiger partial charge in [0.05, 0.1) is 5.69 Å². The molecule has 1 atom stereocenters. The van der Waals surface area contributed by atoms with E-state index in [9.17, 15) is 4.79 Å². The first-order chi connectivity index (χ1) is 9.20. The maximum atomic E-state index is 12.2. The third-order valence-corrected chi connectivity index (χ3v) is 3.49. The Labute approximate surface area is 119 Å². The number of aromatic nitrogens is 1. The van der Waals surface area contributed by atoms with Crippen LogP contribution in [0.3, 0.4) is 0 Å². The van der Waals surface area contributed by atoms with Crippen molar-refractivity contribution < 1.29 is 14.1 Å². The minimum Gasteiger partial charge on any atom is -0.444 e. The predicted molar refractivity (Wildman–Crippen MR) is 75.3 cm³/mol. The van der Waals surface area contributed by atoms with E-state index in [0.29, 0.717) is 19.0 Å². The van der Waals surface area contributed by atoms with Gasteiger partial charge in [-0.25, -0.2) is 4.79 Å². The zero-order valence-corrected chi connectivity index (χ0v) is 12.6. The molecule has 0 aliphatic carbocycles. The van der Waals surface area contributed by atoms with Crippen molar-refractivity contribution in [3.05, 3.63) is 11.8 Å². The van der Waals surface area contributed by atoms with E-state index in [0.717, 1.165) is 18.5 Å². The lowest BCUT2D eigenvalue weighted by molar-refractivity contribution is 0.0141. The monoisotopic (exact) mass is 281 g/mol. The largest absolute Gasteiger partial charge is 0.444 e. The van der Waals surface area contributed by atoms with Crippen LogP contribution in [-0.4, -0.2) is 34.8 Å². The molecule has 1 saturated heterocycles. The summed E-state index contributed by atoms with van der Waals surface area (Å²) in [5.74, 6) is 0.301. The van der Waals surface area contributed by atoms with E-state index < -0.39 is 5.60 Å². The Kier molecular flexibility index (Phi) is 3.67. The highest BCUT2D eigenvalue weighted by Gasteiger charge is 2.38. The number of likely N-dealkylation sites (tertiary alicyclic amines) is 1. The molecule has 6 nitrogen and oxygen atoms in total. The topological polar surface area (TPSA) is 81.6 Å². The van der Waals surface area contributed by atoms with E-state index in [4.69, 9.17) is 15.0 Å². The van der Waals surface area contributed by atoms with Crippen LogP contribution in [0.5, 0.6) is 0 Å². The molecule has 1 amide bonds. The molecule has 2 heterocycles. The number of rotatable bonds is 1. The highest BCUT2D eigenvalue weighted by atomic mass is 16.6. The molecule has 1 aromatic heterocycles. The van der Waals surface area contributed by atoms with Gasteiger partial charge in [0.2, 0.25) is 5.88 Å². The molecule has 2 N–H and O–H groups in total. The van der Waals surface area contributed by atoms with Crippen molar-refractivity contribution >= 4 is 12.0 Å². The summed E-state index contributed by atoms with van der Waals surface area (Å²) in [6.45, 7) is 8.94. The molecule has 1 aliphatic rings. The van der Waals surface area contributed by atoms with Gasteiger partial charge < -0.3 is 19.9 Å². The number of anilines is 1. The van der Waals surface area contributed by atoms with Gasteiger partial charge in [0, 0.05) is 24.6 Å². The van der Waals surface area contributed by atoms with Crippen LogP contribution < -0.4 is 5.73 Å². The van der Waals surface area contributed by atoms with Crippen molar-refractivity contribution in [2.24, 2.45) is 0 Å².